The summed E-state index contributed by atoms with van der Waals surface area (Å²) in [6.07, 6.45) is 4.20. The third-order valence-electron chi connectivity index (χ3n) is 1.87. The maximum absolute atomic E-state index is 10.5. The molecule has 0 N–H and O–H groups in total. The van der Waals surface area contributed by atoms with Gasteiger partial charge in [-0.1, -0.05) is 23.2 Å². The number of hydrogen-bond acceptors (Lipinski definition) is 5. The van der Waals surface area contributed by atoms with Gasteiger partial charge in [-0.2, -0.15) is 4.68 Å². The monoisotopic (exact) mass is 273 g/mol. The van der Waals surface area contributed by atoms with Crippen LogP contribution in [0.25, 0.3) is 0 Å². The van der Waals surface area contributed by atoms with Crippen molar-refractivity contribution in [3.8, 4) is 0 Å². The van der Waals surface area contributed by atoms with Gasteiger partial charge in [0.1, 0.15) is 11.7 Å². The summed E-state index contributed by atoms with van der Waals surface area (Å²) in [6, 6.07) is 0. The van der Waals surface area contributed by atoms with Crippen LogP contribution in [-0.4, -0.2) is 24.7 Å². The van der Waals surface area contributed by atoms with Crippen LogP contribution in [0.3, 0.4) is 0 Å². The molecule has 2 aromatic heterocycles. The summed E-state index contributed by atoms with van der Waals surface area (Å²) >= 11 is 11.2. The molecule has 2 heterocycles. The Labute approximate surface area is 105 Å². The van der Waals surface area contributed by atoms with E-state index in [9.17, 15) is 10.1 Å². The van der Waals surface area contributed by atoms with Gasteiger partial charge in [-0.05, 0) is 4.92 Å². The van der Waals surface area contributed by atoms with Crippen LogP contribution in [0.4, 0.5) is 5.82 Å². The molecule has 0 unspecified atom stereocenters. The summed E-state index contributed by atoms with van der Waals surface area (Å²) in [5, 5.41) is 14.5. The number of hydrogen-bond donors (Lipinski definition) is 0. The third kappa shape index (κ3) is 2.69. The first-order valence-corrected chi connectivity index (χ1v) is 5.15. The van der Waals surface area contributed by atoms with Gasteiger partial charge in [-0.3, -0.25) is 4.98 Å². The lowest BCUT2D eigenvalue weighted by Gasteiger charge is -1.96. The molecule has 0 aliphatic rings. The molecule has 0 amide bonds. The highest BCUT2D eigenvalue weighted by Gasteiger charge is 2.19. The Hall–Kier alpha value is -1.73. The molecule has 0 saturated carbocycles. The van der Waals surface area contributed by atoms with Gasteiger partial charge in [0.15, 0.2) is 5.02 Å². The quantitative estimate of drug-likeness (QED) is 0.630. The lowest BCUT2D eigenvalue weighted by Crippen LogP contribution is -2.03. The summed E-state index contributed by atoms with van der Waals surface area (Å²) in [7, 11) is 0. The van der Waals surface area contributed by atoms with E-state index in [1.807, 2.05) is 0 Å². The van der Waals surface area contributed by atoms with Gasteiger partial charge in [-0.15, -0.1) is 0 Å². The smallest absolute Gasteiger partial charge is 0.358 e. The maximum Gasteiger partial charge on any atom is 0.408 e. The summed E-state index contributed by atoms with van der Waals surface area (Å²) in [4.78, 5) is 17.7. The molecule has 0 bridgehead atoms. The number of rotatable bonds is 3. The van der Waals surface area contributed by atoms with E-state index in [1.54, 1.807) is 0 Å². The van der Waals surface area contributed by atoms with Crippen molar-refractivity contribution in [2.45, 2.75) is 6.54 Å². The van der Waals surface area contributed by atoms with Crippen molar-refractivity contribution in [3.63, 3.8) is 0 Å². The van der Waals surface area contributed by atoms with E-state index in [0.29, 0.717) is 5.69 Å². The first-order valence-electron chi connectivity index (χ1n) is 4.40. The van der Waals surface area contributed by atoms with E-state index < -0.39 is 4.92 Å². The minimum absolute atomic E-state index is 0.0167. The van der Waals surface area contributed by atoms with Crippen LogP contribution in [0.15, 0.2) is 18.6 Å². The Morgan fingerprint density at radius 3 is 2.65 bits per heavy atom. The summed E-state index contributed by atoms with van der Waals surface area (Å²) in [5.74, 6) is -0.381. The van der Waals surface area contributed by atoms with Crippen LogP contribution in [0.5, 0.6) is 0 Å². The summed E-state index contributed by atoms with van der Waals surface area (Å²) in [5.41, 5.74) is 0.573. The van der Waals surface area contributed by atoms with Crippen molar-refractivity contribution in [2.24, 2.45) is 0 Å². The SMILES string of the molecule is O=[N+]([O-])c1nn(Cc2cnc(Cl)cn2)cc1Cl. The second-order valence-electron chi connectivity index (χ2n) is 3.09. The van der Waals surface area contributed by atoms with Crippen LogP contribution in [-0.2, 0) is 6.54 Å². The van der Waals surface area contributed by atoms with E-state index >= 15 is 0 Å². The number of nitro groups is 1. The lowest BCUT2D eigenvalue weighted by atomic mass is 10.4. The predicted molar refractivity (Wildman–Crippen MR) is 60.0 cm³/mol. The molecule has 0 aliphatic carbocycles. The minimum atomic E-state index is -0.646. The van der Waals surface area contributed by atoms with E-state index in [-0.39, 0.29) is 22.5 Å². The maximum atomic E-state index is 10.5. The molecule has 9 heteroatoms. The summed E-state index contributed by atoms with van der Waals surface area (Å²) < 4.78 is 1.32. The Morgan fingerprint density at radius 2 is 2.12 bits per heavy atom. The van der Waals surface area contributed by atoms with Crippen LogP contribution >= 0.6 is 23.2 Å². The van der Waals surface area contributed by atoms with Crippen molar-refractivity contribution in [1.29, 1.82) is 0 Å². The van der Waals surface area contributed by atoms with Crippen LogP contribution < -0.4 is 0 Å². The number of halogens is 2. The molecule has 0 atom stereocenters. The minimum Gasteiger partial charge on any atom is -0.358 e. The fraction of sp³-hybridized carbons (Fsp3) is 0.125. The molecule has 0 spiro atoms. The summed E-state index contributed by atoms with van der Waals surface area (Å²) in [6.45, 7) is 0.234. The average Bonchev–Trinajstić information content (AvgIpc) is 2.63. The van der Waals surface area contributed by atoms with Crippen molar-refractivity contribution in [2.75, 3.05) is 0 Å². The second-order valence-corrected chi connectivity index (χ2v) is 3.88. The molecule has 0 saturated heterocycles. The van der Waals surface area contributed by atoms with Gasteiger partial charge in [0, 0.05) is 0 Å². The lowest BCUT2D eigenvalue weighted by molar-refractivity contribution is -0.389. The molecule has 0 aromatic carbocycles. The molecule has 0 fully saturated rings. The van der Waals surface area contributed by atoms with Gasteiger partial charge in [0.05, 0.1) is 29.4 Å². The van der Waals surface area contributed by atoms with E-state index in [1.165, 1.54) is 23.3 Å². The van der Waals surface area contributed by atoms with E-state index in [0.717, 1.165) is 0 Å². The largest absolute Gasteiger partial charge is 0.408 e. The van der Waals surface area contributed by atoms with Gasteiger partial charge in [-0.25, -0.2) is 4.98 Å². The van der Waals surface area contributed by atoms with Crippen LogP contribution in [0.2, 0.25) is 10.2 Å². The molecule has 17 heavy (non-hydrogen) atoms. The molecule has 0 radical (unpaired) electrons. The highest BCUT2D eigenvalue weighted by atomic mass is 35.5. The van der Waals surface area contributed by atoms with Crippen LogP contribution in [0, 0.1) is 10.1 Å². The zero-order valence-electron chi connectivity index (χ0n) is 8.25. The number of nitrogens with zero attached hydrogens (tertiary/aromatic N) is 5. The molecule has 2 aromatic rings. The van der Waals surface area contributed by atoms with Gasteiger partial charge < -0.3 is 10.1 Å². The molecule has 88 valence electrons. The normalized spacial score (nSPS) is 10.5. The van der Waals surface area contributed by atoms with Gasteiger partial charge >= 0.3 is 5.82 Å². The molecular formula is C8H5Cl2N5O2. The fourth-order valence-corrected chi connectivity index (χ4v) is 1.50. The Morgan fingerprint density at radius 1 is 1.35 bits per heavy atom. The van der Waals surface area contributed by atoms with Gasteiger partial charge in [0.2, 0.25) is 0 Å². The van der Waals surface area contributed by atoms with Gasteiger partial charge in [0.25, 0.3) is 0 Å². The second kappa shape index (κ2) is 4.64. The zero-order valence-corrected chi connectivity index (χ0v) is 9.76. The van der Waals surface area contributed by atoms with E-state index in [4.69, 9.17) is 23.2 Å². The van der Waals surface area contributed by atoms with Crippen molar-refractivity contribution < 1.29 is 4.92 Å². The predicted octanol–water partition coefficient (Wildman–Crippen LogP) is 1.94. The molecule has 7 nitrogen and oxygen atoms in total. The van der Waals surface area contributed by atoms with Crippen molar-refractivity contribution in [3.05, 3.63) is 44.6 Å². The van der Waals surface area contributed by atoms with Crippen molar-refractivity contribution >= 4 is 29.0 Å². The fourth-order valence-electron chi connectivity index (χ4n) is 1.18. The molecule has 2 rings (SSSR count). The Kier molecular flexibility index (Phi) is 3.21. The average molecular weight is 274 g/mol. The zero-order chi connectivity index (χ0) is 12.4. The first kappa shape index (κ1) is 11.7. The molecular weight excluding hydrogens is 269 g/mol. The Bertz CT molecular complexity index is 554. The van der Waals surface area contributed by atoms with Crippen molar-refractivity contribution in [1.82, 2.24) is 19.7 Å². The van der Waals surface area contributed by atoms with E-state index in [2.05, 4.69) is 15.1 Å². The Balaban J connectivity index is 2.22. The highest BCUT2D eigenvalue weighted by Crippen LogP contribution is 2.21. The van der Waals surface area contributed by atoms with Crippen LogP contribution in [0.1, 0.15) is 5.69 Å². The topological polar surface area (TPSA) is 86.7 Å². The number of aromatic nitrogens is 4. The standard InChI is InChI=1S/C8H5Cl2N5O2/c9-6-4-14(13-8(6)15(16)17)3-5-1-12-7(10)2-11-5/h1-2,4H,3H2. The highest BCUT2D eigenvalue weighted by molar-refractivity contribution is 6.32. The first-order chi connectivity index (χ1) is 8.06. The molecule has 0 aliphatic heterocycles. The third-order valence-corrected chi connectivity index (χ3v) is 2.33.